The molecule has 0 aliphatic carbocycles. The largest absolute Gasteiger partial charge is 0.507 e. The monoisotopic (exact) mass is 486 g/mol. The van der Waals surface area contributed by atoms with E-state index in [0.29, 0.717) is 40.3 Å². The Morgan fingerprint density at radius 1 is 0.861 bits per heavy atom. The van der Waals surface area contributed by atoms with Gasteiger partial charge in [0.1, 0.15) is 28.6 Å². The van der Waals surface area contributed by atoms with Crippen LogP contribution in [-0.4, -0.2) is 48.2 Å². The van der Waals surface area contributed by atoms with Crippen LogP contribution in [0, 0.1) is 6.92 Å². The van der Waals surface area contributed by atoms with Crippen LogP contribution in [-0.2, 0) is 13.1 Å². The van der Waals surface area contributed by atoms with Crippen LogP contribution in [0.1, 0.15) is 16.9 Å². The fourth-order valence-corrected chi connectivity index (χ4v) is 4.60. The Kier molecular flexibility index (Phi) is 6.93. The second-order valence-electron chi connectivity index (χ2n) is 9.07. The smallest absolute Gasteiger partial charge is 0.235 e. The third-order valence-corrected chi connectivity index (χ3v) is 6.64. The third kappa shape index (κ3) is 5.08. The van der Waals surface area contributed by atoms with Crippen LogP contribution in [0.15, 0.2) is 75.9 Å². The molecule has 1 fully saturated rings. The average Bonchev–Trinajstić information content (AvgIpc) is 2.90. The first-order valence-corrected chi connectivity index (χ1v) is 12.1. The lowest BCUT2D eigenvalue weighted by Gasteiger charge is -2.34. The lowest BCUT2D eigenvalue weighted by atomic mass is 10.1. The molecule has 7 heteroatoms. The molecule has 0 spiro atoms. The molecule has 0 radical (unpaired) electrons. The Balaban J connectivity index is 1.34. The standard InChI is InChI=1S/C29H30N2O5/c1-20-28(36-23-10-8-22(34-2)9-11-23)27(33)24-12-13-26(32)25(29(24)35-20)19-31-16-14-30(15-17-31)18-21-6-4-3-5-7-21/h3-13,32H,14-19H2,1-2H3. The van der Waals surface area contributed by atoms with E-state index in [2.05, 4.69) is 34.1 Å². The fourth-order valence-electron chi connectivity index (χ4n) is 4.60. The molecule has 1 N–H and O–H groups in total. The molecule has 2 heterocycles. The quantitative estimate of drug-likeness (QED) is 0.397. The van der Waals surface area contributed by atoms with Crippen molar-refractivity contribution in [1.82, 2.24) is 9.80 Å². The van der Waals surface area contributed by atoms with Gasteiger partial charge in [-0.15, -0.1) is 0 Å². The lowest BCUT2D eigenvalue weighted by molar-refractivity contribution is 0.121. The minimum absolute atomic E-state index is 0.126. The number of methoxy groups -OCH3 is 1. The molecule has 1 aromatic heterocycles. The Hall–Kier alpha value is -3.81. The topological polar surface area (TPSA) is 75.4 Å². The molecule has 36 heavy (non-hydrogen) atoms. The molecule has 1 saturated heterocycles. The van der Waals surface area contributed by atoms with E-state index >= 15 is 0 Å². The van der Waals surface area contributed by atoms with Crippen molar-refractivity contribution < 1.29 is 19.0 Å². The highest BCUT2D eigenvalue weighted by Gasteiger charge is 2.22. The van der Waals surface area contributed by atoms with Gasteiger partial charge in [0.05, 0.1) is 18.1 Å². The highest BCUT2D eigenvalue weighted by atomic mass is 16.5. The summed E-state index contributed by atoms with van der Waals surface area (Å²) in [5.41, 5.74) is 2.08. The summed E-state index contributed by atoms with van der Waals surface area (Å²) >= 11 is 0. The van der Waals surface area contributed by atoms with Gasteiger partial charge in [-0.25, -0.2) is 0 Å². The Labute approximate surface area is 210 Å². The van der Waals surface area contributed by atoms with Gasteiger partial charge in [-0.05, 0) is 48.9 Å². The lowest BCUT2D eigenvalue weighted by Crippen LogP contribution is -2.45. The van der Waals surface area contributed by atoms with E-state index in [0.717, 1.165) is 32.7 Å². The first-order valence-electron chi connectivity index (χ1n) is 12.1. The van der Waals surface area contributed by atoms with Gasteiger partial charge in [0.2, 0.25) is 11.2 Å². The van der Waals surface area contributed by atoms with Crippen molar-refractivity contribution >= 4 is 11.0 Å². The number of rotatable bonds is 7. The van der Waals surface area contributed by atoms with Gasteiger partial charge in [-0.3, -0.25) is 14.6 Å². The van der Waals surface area contributed by atoms with Gasteiger partial charge < -0.3 is 19.0 Å². The highest BCUT2D eigenvalue weighted by molar-refractivity contribution is 5.83. The van der Waals surface area contributed by atoms with Crippen LogP contribution in [0.2, 0.25) is 0 Å². The molecule has 7 nitrogen and oxygen atoms in total. The minimum atomic E-state index is -0.265. The first kappa shape index (κ1) is 23.9. The summed E-state index contributed by atoms with van der Waals surface area (Å²) in [4.78, 5) is 18.1. The number of hydrogen-bond acceptors (Lipinski definition) is 7. The summed E-state index contributed by atoms with van der Waals surface area (Å²) in [5.74, 6) is 1.84. The minimum Gasteiger partial charge on any atom is -0.507 e. The maximum absolute atomic E-state index is 13.3. The van der Waals surface area contributed by atoms with Crippen LogP contribution in [0.3, 0.4) is 0 Å². The summed E-state index contributed by atoms with van der Waals surface area (Å²) in [6, 6.07) is 20.6. The molecule has 0 atom stereocenters. The van der Waals surface area contributed by atoms with Gasteiger partial charge in [0, 0.05) is 39.3 Å². The van der Waals surface area contributed by atoms with Crippen molar-refractivity contribution in [2.24, 2.45) is 0 Å². The van der Waals surface area contributed by atoms with Gasteiger partial charge in [0.15, 0.2) is 0 Å². The van der Waals surface area contributed by atoms with Gasteiger partial charge in [-0.2, -0.15) is 0 Å². The molecular formula is C29H30N2O5. The predicted octanol–water partition coefficient (Wildman–Crippen LogP) is 4.93. The zero-order chi connectivity index (χ0) is 25.1. The average molecular weight is 487 g/mol. The molecule has 0 saturated carbocycles. The summed E-state index contributed by atoms with van der Waals surface area (Å²) < 4.78 is 17.2. The number of aryl methyl sites for hydroxylation is 1. The van der Waals surface area contributed by atoms with Crippen LogP contribution in [0.4, 0.5) is 0 Å². The van der Waals surface area contributed by atoms with E-state index in [-0.39, 0.29) is 16.9 Å². The van der Waals surface area contributed by atoms with E-state index in [1.165, 1.54) is 5.56 Å². The summed E-state index contributed by atoms with van der Waals surface area (Å²) in [6.07, 6.45) is 0. The number of phenols is 1. The number of fused-ring (bicyclic) bond motifs is 1. The molecule has 4 aromatic rings. The number of phenolic OH excluding ortho intramolecular Hbond substituents is 1. The van der Waals surface area contributed by atoms with Crippen LogP contribution >= 0.6 is 0 Å². The van der Waals surface area contributed by atoms with Crippen molar-refractivity contribution in [3.8, 4) is 23.0 Å². The SMILES string of the molecule is COc1ccc(Oc2c(C)oc3c(CN4CCN(Cc5ccccc5)CC4)c(O)ccc3c2=O)cc1. The molecule has 3 aromatic carbocycles. The van der Waals surface area contributed by atoms with Crippen molar-refractivity contribution in [1.29, 1.82) is 0 Å². The molecule has 0 unspecified atom stereocenters. The van der Waals surface area contributed by atoms with Gasteiger partial charge in [-0.1, -0.05) is 30.3 Å². The maximum atomic E-state index is 13.3. The predicted molar refractivity (Wildman–Crippen MR) is 139 cm³/mol. The molecule has 1 aliphatic rings. The normalized spacial score (nSPS) is 14.7. The van der Waals surface area contributed by atoms with Crippen LogP contribution in [0.25, 0.3) is 11.0 Å². The molecule has 5 rings (SSSR count). The van der Waals surface area contributed by atoms with E-state index < -0.39 is 0 Å². The molecule has 0 amide bonds. The Bertz CT molecular complexity index is 1390. The number of hydrogen-bond donors (Lipinski definition) is 1. The highest BCUT2D eigenvalue weighted by Crippen LogP contribution is 2.32. The van der Waals surface area contributed by atoms with Gasteiger partial charge in [0.25, 0.3) is 0 Å². The Morgan fingerprint density at radius 3 is 2.17 bits per heavy atom. The van der Waals surface area contributed by atoms with Gasteiger partial charge >= 0.3 is 0 Å². The van der Waals surface area contributed by atoms with E-state index in [1.54, 1.807) is 50.4 Å². The number of nitrogens with zero attached hydrogens (tertiary/aromatic N) is 2. The van der Waals surface area contributed by atoms with Crippen molar-refractivity contribution in [2.45, 2.75) is 20.0 Å². The second kappa shape index (κ2) is 10.4. The number of piperazine rings is 1. The zero-order valence-electron chi connectivity index (χ0n) is 20.6. The number of aromatic hydroxyl groups is 1. The second-order valence-corrected chi connectivity index (χ2v) is 9.07. The maximum Gasteiger partial charge on any atom is 0.235 e. The zero-order valence-corrected chi connectivity index (χ0v) is 20.6. The molecule has 0 bridgehead atoms. The van der Waals surface area contributed by atoms with E-state index in [9.17, 15) is 9.90 Å². The molecule has 1 aliphatic heterocycles. The fraction of sp³-hybridized carbons (Fsp3) is 0.276. The van der Waals surface area contributed by atoms with Crippen LogP contribution < -0.4 is 14.9 Å². The molecular weight excluding hydrogens is 456 g/mol. The van der Waals surface area contributed by atoms with Crippen LogP contribution in [0.5, 0.6) is 23.0 Å². The number of benzene rings is 3. The molecule has 186 valence electrons. The first-order chi connectivity index (χ1) is 17.5. The summed E-state index contributed by atoms with van der Waals surface area (Å²) in [6.45, 7) is 6.74. The van der Waals surface area contributed by atoms with Crippen molar-refractivity contribution in [2.75, 3.05) is 33.3 Å². The van der Waals surface area contributed by atoms with E-state index in [1.807, 2.05) is 6.07 Å². The summed E-state index contributed by atoms with van der Waals surface area (Å²) in [5, 5.41) is 11.1. The van der Waals surface area contributed by atoms with Crippen molar-refractivity contribution in [3.63, 3.8) is 0 Å². The summed E-state index contributed by atoms with van der Waals surface area (Å²) in [7, 11) is 1.59. The van der Waals surface area contributed by atoms with E-state index in [4.69, 9.17) is 13.9 Å². The Morgan fingerprint density at radius 2 is 1.50 bits per heavy atom. The number of ether oxygens (including phenoxy) is 2. The third-order valence-electron chi connectivity index (χ3n) is 6.64. The van der Waals surface area contributed by atoms with Crippen molar-refractivity contribution in [3.05, 3.63) is 93.8 Å².